The number of alkyl halides is 1. The summed E-state index contributed by atoms with van der Waals surface area (Å²) in [5, 5.41) is 21.3. The molecule has 6 nitrogen and oxygen atoms in total. The smallest absolute Gasteiger partial charge is 0.308 e. The number of aliphatic hydroxyl groups is 1. The fraction of sp³-hybridized carbons (Fsp3) is 0.429. The Bertz CT molecular complexity index is 520. The molecule has 3 N–H and O–H groups in total. The van der Waals surface area contributed by atoms with Crippen LogP contribution < -0.4 is 10.2 Å². The van der Waals surface area contributed by atoms with E-state index < -0.39 is 18.0 Å². The second-order valence-corrected chi connectivity index (χ2v) is 5.29. The maximum absolute atomic E-state index is 11.8. The van der Waals surface area contributed by atoms with Crippen molar-refractivity contribution in [1.29, 1.82) is 0 Å². The zero-order chi connectivity index (χ0) is 15.4. The Labute approximate surface area is 127 Å². The Balaban J connectivity index is 1.99. The van der Waals surface area contributed by atoms with Crippen molar-refractivity contribution in [2.45, 2.75) is 12.5 Å². The fourth-order valence-electron chi connectivity index (χ4n) is 2.17. The Morgan fingerprint density at radius 3 is 2.62 bits per heavy atom. The lowest BCUT2D eigenvalue weighted by Gasteiger charge is -2.17. The van der Waals surface area contributed by atoms with Crippen LogP contribution >= 0.6 is 11.6 Å². The van der Waals surface area contributed by atoms with Crippen molar-refractivity contribution in [3.63, 3.8) is 0 Å². The first kappa shape index (κ1) is 15.6. The number of rotatable bonds is 6. The molecule has 2 atom stereocenters. The number of aliphatic carboxylic acids is 1. The highest BCUT2D eigenvalue weighted by atomic mass is 35.5. The number of carbonyl (C=O) groups excluding carboxylic acids is 1. The Hall–Kier alpha value is -1.79. The lowest BCUT2D eigenvalue weighted by molar-refractivity contribution is -0.141. The standard InChI is InChI=1S/C14H17ClN2O4/c15-6-12(18)7-16-10-1-3-11(4-2-10)17-8-9(14(20)21)5-13(17)19/h1-4,9,12,16,18H,5-8H2,(H,20,21). The third kappa shape index (κ3) is 3.86. The molecule has 1 fully saturated rings. The largest absolute Gasteiger partial charge is 0.481 e. The van der Waals surface area contributed by atoms with Crippen LogP contribution in [0.5, 0.6) is 0 Å². The highest BCUT2D eigenvalue weighted by Gasteiger charge is 2.34. The predicted octanol–water partition coefficient (Wildman–Crippen LogP) is 1.14. The molecular formula is C14H17ClN2O4. The molecule has 0 saturated carbocycles. The Morgan fingerprint density at radius 2 is 2.10 bits per heavy atom. The maximum atomic E-state index is 11.8. The number of carbonyl (C=O) groups is 2. The molecule has 0 spiro atoms. The number of nitrogens with one attached hydrogen (secondary N) is 1. The van der Waals surface area contributed by atoms with Crippen LogP contribution in [0.25, 0.3) is 0 Å². The van der Waals surface area contributed by atoms with Crippen molar-refractivity contribution in [3.05, 3.63) is 24.3 Å². The number of nitrogens with zero attached hydrogens (tertiary/aromatic N) is 1. The van der Waals surface area contributed by atoms with Gasteiger partial charge in [-0.2, -0.15) is 0 Å². The molecule has 1 amide bonds. The van der Waals surface area contributed by atoms with E-state index in [-0.39, 0.29) is 24.8 Å². The first-order valence-corrected chi connectivity index (χ1v) is 7.16. The zero-order valence-electron chi connectivity index (χ0n) is 11.3. The van der Waals surface area contributed by atoms with E-state index in [0.29, 0.717) is 12.2 Å². The number of carboxylic acid groups (broad SMARTS) is 1. The molecule has 1 aliphatic heterocycles. The van der Waals surface area contributed by atoms with Gasteiger partial charge in [0.2, 0.25) is 5.91 Å². The summed E-state index contributed by atoms with van der Waals surface area (Å²) in [6, 6.07) is 7.05. The van der Waals surface area contributed by atoms with E-state index in [1.165, 1.54) is 4.90 Å². The molecule has 1 aromatic carbocycles. The van der Waals surface area contributed by atoms with Crippen molar-refractivity contribution >= 4 is 34.9 Å². The molecule has 0 aromatic heterocycles. The number of amides is 1. The number of benzene rings is 1. The molecule has 114 valence electrons. The summed E-state index contributed by atoms with van der Waals surface area (Å²) < 4.78 is 0. The third-order valence-corrected chi connectivity index (χ3v) is 3.73. The minimum atomic E-state index is -0.945. The lowest BCUT2D eigenvalue weighted by Crippen LogP contribution is -2.25. The van der Waals surface area contributed by atoms with Crippen molar-refractivity contribution in [2.24, 2.45) is 5.92 Å². The van der Waals surface area contributed by atoms with E-state index in [9.17, 15) is 14.7 Å². The Morgan fingerprint density at radius 1 is 1.43 bits per heavy atom. The first-order valence-electron chi connectivity index (χ1n) is 6.62. The highest BCUT2D eigenvalue weighted by Crippen LogP contribution is 2.26. The first-order chi connectivity index (χ1) is 10.0. The van der Waals surface area contributed by atoms with Gasteiger partial charge in [-0.1, -0.05) is 0 Å². The molecule has 1 heterocycles. The quantitative estimate of drug-likeness (QED) is 0.685. The van der Waals surface area contributed by atoms with Crippen LogP contribution in [0.3, 0.4) is 0 Å². The van der Waals surface area contributed by atoms with E-state index in [2.05, 4.69) is 5.32 Å². The summed E-state index contributed by atoms with van der Waals surface area (Å²) in [4.78, 5) is 24.2. The molecule has 0 aliphatic carbocycles. The van der Waals surface area contributed by atoms with Crippen LogP contribution in [0.1, 0.15) is 6.42 Å². The van der Waals surface area contributed by atoms with E-state index in [0.717, 1.165) is 5.69 Å². The van der Waals surface area contributed by atoms with Crippen molar-refractivity contribution in [1.82, 2.24) is 0 Å². The number of halogens is 1. The average molecular weight is 313 g/mol. The fourth-order valence-corrected chi connectivity index (χ4v) is 2.28. The monoisotopic (exact) mass is 312 g/mol. The van der Waals surface area contributed by atoms with Gasteiger partial charge >= 0.3 is 5.97 Å². The minimum Gasteiger partial charge on any atom is -0.481 e. The molecule has 21 heavy (non-hydrogen) atoms. The highest BCUT2D eigenvalue weighted by molar-refractivity contribution is 6.18. The van der Waals surface area contributed by atoms with E-state index in [4.69, 9.17) is 16.7 Å². The van der Waals surface area contributed by atoms with E-state index in [1.54, 1.807) is 24.3 Å². The molecule has 7 heteroatoms. The maximum Gasteiger partial charge on any atom is 0.308 e. The number of hydrogen-bond donors (Lipinski definition) is 3. The van der Waals surface area contributed by atoms with Crippen LogP contribution in [0.4, 0.5) is 11.4 Å². The molecular weight excluding hydrogens is 296 g/mol. The van der Waals surface area contributed by atoms with Gasteiger partial charge in [-0.25, -0.2) is 0 Å². The van der Waals surface area contributed by atoms with Crippen LogP contribution in [-0.2, 0) is 9.59 Å². The molecule has 1 aromatic rings. The average Bonchev–Trinajstić information content (AvgIpc) is 2.87. The number of carboxylic acids is 1. The van der Waals surface area contributed by atoms with Gasteiger partial charge < -0.3 is 20.4 Å². The van der Waals surface area contributed by atoms with Crippen LogP contribution in [0.2, 0.25) is 0 Å². The van der Waals surface area contributed by atoms with Crippen molar-refractivity contribution < 1.29 is 19.8 Å². The normalized spacial score (nSPS) is 19.6. The van der Waals surface area contributed by atoms with Gasteiger partial charge in [0.05, 0.1) is 17.9 Å². The SMILES string of the molecule is O=C(O)C1CC(=O)N(c2ccc(NCC(O)CCl)cc2)C1. The summed E-state index contributed by atoms with van der Waals surface area (Å²) in [5.74, 6) is -1.61. The van der Waals surface area contributed by atoms with Crippen LogP contribution in [-0.4, -0.2) is 47.2 Å². The molecule has 1 saturated heterocycles. The van der Waals surface area contributed by atoms with Gasteiger partial charge in [0.25, 0.3) is 0 Å². The number of hydrogen-bond acceptors (Lipinski definition) is 4. The zero-order valence-corrected chi connectivity index (χ0v) is 12.1. The summed E-state index contributed by atoms with van der Waals surface area (Å²) >= 11 is 5.50. The summed E-state index contributed by atoms with van der Waals surface area (Å²) in [6.45, 7) is 0.540. The van der Waals surface area contributed by atoms with E-state index in [1.807, 2.05) is 0 Å². The molecule has 0 bridgehead atoms. The second kappa shape index (κ2) is 6.78. The summed E-state index contributed by atoms with van der Waals surface area (Å²) in [6.07, 6.45) is -0.583. The molecule has 2 unspecified atom stereocenters. The predicted molar refractivity (Wildman–Crippen MR) is 79.8 cm³/mol. The van der Waals surface area contributed by atoms with Gasteiger partial charge in [0.15, 0.2) is 0 Å². The number of aliphatic hydroxyl groups excluding tert-OH is 1. The lowest BCUT2D eigenvalue weighted by atomic mass is 10.1. The van der Waals surface area contributed by atoms with Crippen LogP contribution in [0.15, 0.2) is 24.3 Å². The van der Waals surface area contributed by atoms with Gasteiger partial charge in [0.1, 0.15) is 0 Å². The summed E-state index contributed by atoms with van der Waals surface area (Å²) in [5.41, 5.74) is 1.47. The van der Waals surface area contributed by atoms with Gasteiger partial charge in [-0.15, -0.1) is 11.6 Å². The van der Waals surface area contributed by atoms with Crippen LogP contribution in [0, 0.1) is 5.92 Å². The van der Waals surface area contributed by atoms with E-state index >= 15 is 0 Å². The minimum absolute atomic E-state index is 0.0389. The van der Waals surface area contributed by atoms with Crippen molar-refractivity contribution in [2.75, 3.05) is 29.2 Å². The Kier molecular flexibility index (Phi) is 5.03. The molecule has 0 radical (unpaired) electrons. The summed E-state index contributed by atoms with van der Waals surface area (Å²) in [7, 11) is 0. The van der Waals surface area contributed by atoms with Gasteiger partial charge in [0, 0.05) is 30.9 Å². The number of anilines is 2. The molecule has 2 rings (SSSR count). The molecule has 1 aliphatic rings. The van der Waals surface area contributed by atoms with Crippen molar-refractivity contribution in [3.8, 4) is 0 Å². The van der Waals surface area contributed by atoms with Gasteiger partial charge in [-0.3, -0.25) is 9.59 Å². The third-order valence-electron chi connectivity index (χ3n) is 3.37. The second-order valence-electron chi connectivity index (χ2n) is 4.98. The topological polar surface area (TPSA) is 89.9 Å². The van der Waals surface area contributed by atoms with Gasteiger partial charge in [-0.05, 0) is 24.3 Å².